The second-order valence-electron chi connectivity index (χ2n) is 5.80. The summed E-state index contributed by atoms with van der Waals surface area (Å²) < 4.78 is 11.3. The zero-order valence-electron chi connectivity index (χ0n) is 16.7. The van der Waals surface area contributed by atoms with Crippen LogP contribution in [-0.4, -0.2) is 47.9 Å². The summed E-state index contributed by atoms with van der Waals surface area (Å²) in [5.74, 6) is -0.555. The van der Waals surface area contributed by atoms with Crippen molar-refractivity contribution in [3.8, 4) is 5.75 Å². The molecule has 26 heavy (non-hydrogen) atoms. The molecule has 0 spiro atoms. The molecule has 1 aromatic carbocycles. The zero-order valence-corrected chi connectivity index (χ0v) is 16.7. The first kappa shape index (κ1) is 23.9. The fourth-order valence-electron chi connectivity index (χ4n) is 2.33. The lowest BCUT2D eigenvalue weighted by Gasteiger charge is -2.27. The SMILES string of the molecule is CC(=O)O.CCCCCOC(=O)c1ccccc1OC(C)N(CC)CC. The molecule has 1 N–H and O–H groups in total. The zero-order chi connectivity index (χ0) is 19.9. The van der Waals surface area contributed by atoms with Crippen molar-refractivity contribution in [2.24, 2.45) is 0 Å². The van der Waals surface area contributed by atoms with Crippen LogP contribution in [-0.2, 0) is 9.53 Å². The monoisotopic (exact) mass is 367 g/mol. The summed E-state index contributed by atoms with van der Waals surface area (Å²) in [7, 11) is 0. The maximum atomic E-state index is 12.2. The van der Waals surface area contributed by atoms with E-state index in [2.05, 4.69) is 25.7 Å². The van der Waals surface area contributed by atoms with Gasteiger partial charge in [0.25, 0.3) is 5.97 Å². The maximum Gasteiger partial charge on any atom is 0.341 e. The Morgan fingerprint density at radius 2 is 1.69 bits per heavy atom. The number of carboxylic acids is 1. The second kappa shape index (κ2) is 14.1. The summed E-state index contributed by atoms with van der Waals surface area (Å²) in [6.45, 7) is 11.7. The number of nitrogens with zero attached hydrogens (tertiary/aromatic N) is 1. The van der Waals surface area contributed by atoms with Crippen molar-refractivity contribution in [2.45, 2.75) is 60.1 Å². The second-order valence-corrected chi connectivity index (χ2v) is 5.80. The molecule has 1 aromatic rings. The van der Waals surface area contributed by atoms with E-state index in [1.165, 1.54) is 0 Å². The van der Waals surface area contributed by atoms with Gasteiger partial charge >= 0.3 is 5.97 Å². The fraction of sp³-hybridized carbons (Fsp3) is 0.600. The molecule has 0 aliphatic rings. The van der Waals surface area contributed by atoms with Crippen LogP contribution in [0.2, 0.25) is 0 Å². The molecular formula is C20H33NO5. The van der Waals surface area contributed by atoms with Gasteiger partial charge in [0.15, 0.2) is 0 Å². The minimum atomic E-state index is -0.833. The number of carbonyl (C=O) groups excluding carboxylic acids is 1. The lowest BCUT2D eigenvalue weighted by molar-refractivity contribution is -0.134. The molecule has 0 bridgehead atoms. The smallest absolute Gasteiger partial charge is 0.341 e. The summed E-state index contributed by atoms with van der Waals surface area (Å²) >= 11 is 0. The first-order chi connectivity index (χ1) is 12.4. The van der Waals surface area contributed by atoms with Gasteiger partial charge in [0, 0.05) is 6.92 Å². The lowest BCUT2D eigenvalue weighted by Crippen LogP contribution is -2.37. The number of hydrogen-bond acceptors (Lipinski definition) is 5. The molecule has 0 saturated carbocycles. The summed E-state index contributed by atoms with van der Waals surface area (Å²) in [4.78, 5) is 23.4. The molecule has 0 saturated heterocycles. The van der Waals surface area contributed by atoms with Crippen molar-refractivity contribution in [1.29, 1.82) is 0 Å². The van der Waals surface area contributed by atoms with E-state index in [0.29, 0.717) is 17.9 Å². The Labute approximate surface area is 157 Å². The van der Waals surface area contributed by atoms with Crippen molar-refractivity contribution < 1.29 is 24.2 Å². The third-order valence-electron chi connectivity index (χ3n) is 3.71. The molecule has 0 aliphatic carbocycles. The largest absolute Gasteiger partial charge is 0.481 e. The molecule has 6 heteroatoms. The summed E-state index contributed by atoms with van der Waals surface area (Å²) in [6.07, 6.45) is 3.01. The molecule has 0 aromatic heterocycles. The van der Waals surface area contributed by atoms with E-state index < -0.39 is 5.97 Å². The van der Waals surface area contributed by atoms with Crippen molar-refractivity contribution >= 4 is 11.9 Å². The van der Waals surface area contributed by atoms with Gasteiger partial charge in [0.1, 0.15) is 17.5 Å². The molecule has 0 aliphatic heterocycles. The molecule has 0 heterocycles. The number of aliphatic carboxylic acids is 1. The highest BCUT2D eigenvalue weighted by Gasteiger charge is 2.17. The molecular weight excluding hydrogens is 334 g/mol. The Morgan fingerprint density at radius 3 is 2.23 bits per heavy atom. The van der Waals surface area contributed by atoms with Crippen molar-refractivity contribution in [2.75, 3.05) is 19.7 Å². The quantitative estimate of drug-likeness (QED) is 0.380. The Kier molecular flexibility index (Phi) is 13.0. The Morgan fingerprint density at radius 1 is 1.12 bits per heavy atom. The minimum absolute atomic E-state index is 0.0796. The number of unbranched alkanes of at least 4 members (excludes halogenated alkanes) is 2. The van der Waals surface area contributed by atoms with Gasteiger partial charge in [-0.25, -0.2) is 4.79 Å². The third kappa shape index (κ3) is 10.0. The van der Waals surface area contributed by atoms with Crippen molar-refractivity contribution in [3.63, 3.8) is 0 Å². The van der Waals surface area contributed by atoms with E-state index in [4.69, 9.17) is 19.4 Å². The van der Waals surface area contributed by atoms with Crippen LogP contribution in [0.5, 0.6) is 5.75 Å². The van der Waals surface area contributed by atoms with Crippen LogP contribution in [0.3, 0.4) is 0 Å². The number of para-hydroxylation sites is 1. The Bertz CT molecular complexity index is 525. The number of esters is 1. The number of carbonyl (C=O) groups is 2. The average molecular weight is 367 g/mol. The van der Waals surface area contributed by atoms with E-state index in [1.807, 2.05) is 25.1 Å². The van der Waals surface area contributed by atoms with E-state index in [9.17, 15) is 4.79 Å². The van der Waals surface area contributed by atoms with Crippen LogP contribution < -0.4 is 4.74 Å². The molecule has 1 unspecified atom stereocenters. The summed E-state index contributed by atoms with van der Waals surface area (Å²) in [5.41, 5.74) is 0.498. The van der Waals surface area contributed by atoms with Crippen LogP contribution in [0.15, 0.2) is 24.3 Å². The Balaban J connectivity index is 0.00000141. The van der Waals surface area contributed by atoms with Crippen molar-refractivity contribution in [1.82, 2.24) is 4.90 Å². The molecule has 6 nitrogen and oxygen atoms in total. The predicted octanol–water partition coefficient (Wildman–Crippen LogP) is 4.19. The fourth-order valence-corrected chi connectivity index (χ4v) is 2.33. The van der Waals surface area contributed by atoms with Crippen LogP contribution in [0.4, 0.5) is 0 Å². The highest BCUT2D eigenvalue weighted by Crippen LogP contribution is 2.21. The first-order valence-electron chi connectivity index (χ1n) is 9.23. The summed E-state index contributed by atoms with van der Waals surface area (Å²) in [6, 6.07) is 7.28. The van der Waals surface area contributed by atoms with E-state index in [0.717, 1.165) is 39.3 Å². The van der Waals surface area contributed by atoms with E-state index in [-0.39, 0.29) is 12.2 Å². The number of rotatable bonds is 10. The third-order valence-corrected chi connectivity index (χ3v) is 3.71. The van der Waals surface area contributed by atoms with Gasteiger partial charge in [-0.15, -0.1) is 0 Å². The highest BCUT2D eigenvalue weighted by atomic mass is 16.5. The van der Waals surface area contributed by atoms with Crippen LogP contribution >= 0.6 is 0 Å². The molecule has 1 atom stereocenters. The van der Waals surface area contributed by atoms with Crippen LogP contribution in [0, 0.1) is 0 Å². The number of hydrogen-bond donors (Lipinski definition) is 1. The summed E-state index contributed by atoms with van der Waals surface area (Å²) in [5, 5.41) is 7.42. The van der Waals surface area contributed by atoms with E-state index in [1.54, 1.807) is 6.07 Å². The highest BCUT2D eigenvalue weighted by molar-refractivity contribution is 5.92. The van der Waals surface area contributed by atoms with Gasteiger partial charge in [-0.05, 0) is 38.6 Å². The lowest BCUT2D eigenvalue weighted by atomic mass is 10.2. The molecule has 148 valence electrons. The first-order valence-corrected chi connectivity index (χ1v) is 9.23. The van der Waals surface area contributed by atoms with Crippen molar-refractivity contribution in [3.05, 3.63) is 29.8 Å². The van der Waals surface area contributed by atoms with E-state index >= 15 is 0 Å². The maximum absolute atomic E-state index is 12.2. The molecule has 1 rings (SSSR count). The number of carboxylic acid groups (broad SMARTS) is 1. The standard InChI is InChI=1S/C18H29NO3.C2H4O2/c1-5-8-11-14-21-18(20)16-12-9-10-13-17(16)22-15(4)19(6-2)7-3;1-2(3)4/h9-10,12-13,15H,5-8,11,14H2,1-4H3;1H3,(H,3,4). The molecule has 0 amide bonds. The number of ether oxygens (including phenoxy) is 2. The Hall–Kier alpha value is -2.08. The van der Waals surface area contributed by atoms with Gasteiger partial charge < -0.3 is 14.6 Å². The average Bonchev–Trinajstić information content (AvgIpc) is 2.59. The molecule has 0 fully saturated rings. The van der Waals surface area contributed by atoms with Crippen LogP contribution in [0.1, 0.15) is 64.2 Å². The van der Waals surface area contributed by atoms with Gasteiger partial charge in [-0.1, -0.05) is 45.7 Å². The molecule has 0 radical (unpaired) electrons. The topological polar surface area (TPSA) is 76.1 Å². The van der Waals surface area contributed by atoms with Gasteiger partial charge in [0.2, 0.25) is 0 Å². The minimum Gasteiger partial charge on any atom is -0.481 e. The van der Waals surface area contributed by atoms with Gasteiger partial charge in [-0.2, -0.15) is 0 Å². The predicted molar refractivity (Wildman–Crippen MR) is 103 cm³/mol. The van der Waals surface area contributed by atoms with Gasteiger partial charge in [0.05, 0.1) is 6.61 Å². The van der Waals surface area contributed by atoms with Gasteiger partial charge in [-0.3, -0.25) is 9.69 Å². The van der Waals surface area contributed by atoms with Crippen LogP contribution in [0.25, 0.3) is 0 Å². The normalized spacial score (nSPS) is 11.3. The number of benzene rings is 1.